The van der Waals surface area contributed by atoms with E-state index < -0.39 is 48.0 Å². The summed E-state index contributed by atoms with van der Waals surface area (Å²) in [7, 11) is 0. The van der Waals surface area contributed by atoms with Gasteiger partial charge in [-0.15, -0.1) is 0 Å². The molecule has 0 aromatic rings. The van der Waals surface area contributed by atoms with Crippen molar-refractivity contribution < 1.29 is 38.6 Å². The third-order valence-electron chi connectivity index (χ3n) is 5.36. The van der Waals surface area contributed by atoms with E-state index >= 15 is 0 Å². The van der Waals surface area contributed by atoms with Crippen LogP contribution in [0.5, 0.6) is 0 Å². The first-order valence-corrected chi connectivity index (χ1v) is 12.6. The highest BCUT2D eigenvalue weighted by atomic mass is 16.6. The molecule has 228 valence electrons. The van der Waals surface area contributed by atoms with E-state index in [1.807, 2.05) is 0 Å². The summed E-state index contributed by atoms with van der Waals surface area (Å²) in [6.45, 7) is 1.51. The Bertz CT molecular complexity index is 882. The summed E-state index contributed by atoms with van der Waals surface area (Å²) in [5.74, 6) is -5.06. The van der Waals surface area contributed by atoms with Crippen molar-refractivity contribution in [1.29, 1.82) is 10.8 Å². The fraction of sp³-hybridized carbons (Fsp3) is 0.682. The number of carboxylic acid groups (broad SMARTS) is 1. The number of esters is 4. The zero-order valence-corrected chi connectivity index (χ0v) is 22.3. The monoisotopic (exact) mass is 574 g/mol. The van der Waals surface area contributed by atoms with Crippen molar-refractivity contribution in [3.8, 4) is 0 Å². The first-order valence-electron chi connectivity index (χ1n) is 12.6. The predicted molar refractivity (Wildman–Crippen MR) is 142 cm³/mol. The summed E-state index contributed by atoms with van der Waals surface area (Å²) in [6.07, 6.45) is 2.39. The number of ether oxygens (including phenoxy) is 2. The van der Waals surface area contributed by atoms with Crippen LogP contribution in [0, 0.1) is 10.8 Å². The molecule has 0 saturated carbocycles. The topological polar surface area (TPSA) is 338 Å². The highest BCUT2D eigenvalue weighted by Crippen LogP contribution is 2.05. The molecule has 40 heavy (non-hydrogen) atoms. The van der Waals surface area contributed by atoms with Crippen LogP contribution >= 0.6 is 0 Å². The van der Waals surface area contributed by atoms with Gasteiger partial charge in [-0.1, -0.05) is 0 Å². The van der Waals surface area contributed by atoms with Crippen LogP contribution in [0.3, 0.4) is 0 Å². The number of hydrogen-bond acceptors (Lipinski definition) is 13. The van der Waals surface area contributed by atoms with E-state index in [1.165, 1.54) is 0 Å². The zero-order valence-electron chi connectivity index (χ0n) is 22.3. The number of nitrogens with two attached hydrogens (primary N) is 5. The van der Waals surface area contributed by atoms with Gasteiger partial charge >= 0.3 is 29.8 Å². The molecule has 0 bridgehead atoms. The van der Waals surface area contributed by atoms with E-state index in [0.29, 0.717) is 25.9 Å². The zero-order chi connectivity index (χ0) is 30.7. The molecule has 1 rings (SSSR count). The van der Waals surface area contributed by atoms with Crippen molar-refractivity contribution in [3.05, 3.63) is 0 Å². The van der Waals surface area contributed by atoms with E-state index in [-0.39, 0.29) is 43.6 Å². The third kappa shape index (κ3) is 17.6. The number of hydrogen-bond donors (Lipinski definition) is 11. The van der Waals surface area contributed by atoms with Crippen LogP contribution < -0.4 is 44.6 Å². The second-order valence-corrected chi connectivity index (χ2v) is 8.84. The van der Waals surface area contributed by atoms with Gasteiger partial charge in [0, 0.05) is 19.5 Å². The van der Waals surface area contributed by atoms with Crippen LogP contribution in [0.1, 0.15) is 51.4 Å². The molecule has 0 aromatic heterocycles. The van der Waals surface area contributed by atoms with Gasteiger partial charge in [0.15, 0.2) is 11.9 Å². The Balaban J connectivity index is 0.00000161. The van der Waals surface area contributed by atoms with Gasteiger partial charge in [-0.25, -0.2) is 14.4 Å². The summed E-state index contributed by atoms with van der Waals surface area (Å²) in [6, 6.07) is -3.69. The molecule has 0 aliphatic carbocycles. The number of carboxylic acids is 1. The van der Waals surface area contributed by atoms with Gasteiger partial charge in [-0.2, -0.15) is 0 Å². The maximum absolute atomic E-state index is 11.9. The maximum Gasteiger partial charge on any atom is 0.330 e. The highest BCUT2D eigenvalue weighted by Gasteiger charge is 2.25. The molecular weight excluding hydrogens is 532 g/mol. The first-order chi connectivity index (χ1) is 18.7. The van der Waals surface area contributed by atoms with Crippen molar-refractivity contribution >= 4 is 41.8 Å². The molecule has 18 heteroatoms. The van der Waals surface area contributed by atoms with Crippen molar-refractivity contribution in [2.75, 3.05) is 19.6 Å². The fourth-order valence-electron chi connectivity index (χ4n) is 3.10. The second-order valence-electron chi connectivity index (χ2n) is 8.84. The summed E-state index contributed by atoms with van der Waals surface area (Å²) < 4.78 is 9.19. The SMILES string of the molecule is N=C(N)NCCC[C@H](N)C(=O)OC(=O)CC[C@H](N)C(=O)OC(=O)[C@@H](N)CCCNC(=N)N.O=C(O)[C@@H]1CCCN1. The normalized spacial score (nSPS) is 16.2. The number of carbonyl (C=O) groups is 5. The highest BCUT2D eigenvalue weighted by molar-refractivity contribution is 5.91. The average Bonchev–Trinajstić information content (AvgIpc) is 3.43. The maximum atomic E-state index is 11.9. The largest absolute Gasteiger partial charge is 0.480 e. The molecule has 1 aliphatic heterocycles. The molecule has 0 amide bonds. The van der Waals surface area contributed by atoms with Gasteiger partial charge in [0.05, 0.1) is 0 Å². The number of rotatable bonds is 15. The van der Waals surface area contributed by atoms with E-state index in [4.69, 9.17) is 44.6 Å². The Morgan fingerprint density at radius 3 is 1.65 bits per heavy atom. The van der Waals surface area contributed by atoms with E-state index in [9.17, 15) is 24.0 Å². The van der Waals surface area contributed by atoms with Crippen molar-refractivity contribution in [2.24, 2.45) is 28.7 Å². The molecule has 1 saturated heterocycles. The Kier molecular flexibility index (Phi) is 18.1. The molecular formula is C22H42N10O8. The van der Waals surface area contributed by atoms with Gasteiger partial charge in [-0.3, -0.25) is 20.4 Å². The van der Waals surface area contributed by atoms with E-state index in [2.05, 4.69) is 25.4 Å². The lowest BCUT2D eigenvalue weighted by Crippen LogP contribution is -2.40. The average molecular weight is 575 g/mol. The molecule has 0 unspecified atom stereocenters. The van der Waals surface area contributed by atoms with Crippen molar-refractivity contribution in [3.63, 3.8) is 0 Å². The van der Waals surface area contributed by atoms with Crippen LogP contribution in [0.2, 0.25) is 0 Å². The number of carbonyl (C=O) groups excluding carboxylic acids is 4. The molecule has 0 aromatic carbocycles. The lowest BCUT2D eigenvalue weighted by Gasteiger charge is -2.14. The molecule has 16 N–H and O–H groups in total. The molecule has 0 spiro atoms. The van der Waals surface area contributed by atoms with Gasteiger partial charge < -0.3 is 59.2 Å². The molecule has 4 atom stereocenters. The van der Waals surface area contributed by atoms with Crippen molar-refractivity contribution in [1.82, 2.24) is 16.0 Å². The van der Waals surface area contributed by atoms with Crippen LogP contribution in [-0.4, -0.2) is 90.7 Å². The smallest absolute Gasteiger partial charge is 0.330 e. The Labute approximate surface area is 231 Å². The lowest BCUT2D eigenvalue weighted by molar-refractivity contribution is -0.161. The predicted octanol–water partition coefficient (Wildman–Crippen LogP) is -3.76. The van der Waals surface area contributed by atoms with E-state index in [1.54, 1.807) is 0 Å². The molecule has 1 fully saturated rings. The summed E-state index contributed by atoms with van der Waals surface area (Å²) >= 11 is 0. The molecule has 1 aliphatic rings. The number of guanidine groups is 2. The Hall–Kier alpha value is -3.87. The molecule has 1 heterocycles. The minimum Gasteiger partial charge on any atom is -0.480 e. The fourth-order valence-corrected chi connectivity index (χ4v) is 3.10. The second kappa shape index (κ2) is 20.1. The van der Waals surface area contributed by atoms with Gasteiger partial charge in [0.2, 0.25) is 0 Å². The van der Waals surface area contributed by atoms with Crippen LogP contribution in [0.4, 0.5) is 0 Å². The van der Waals surface area contributed by atoms with E-state index in [0.717, 1.165) is 19.4 Å². The minimum atomic E-state index is -1.31. The quantitative estimate of drug-likeness (QED) is 0.0294. The Morgan fingerprint density at radius 1 is 0.825 bits per heavy atom. The van der Waals surface area contributed by atoms with Gasteiger partial charge in [0.1, 0.15) is 24.2 Å². The molecule has 0 radical (unpaired) electrons. The number of nitrogens with one attached hydrogen (secondary N) is 5. The van der Waals surface area contributed by atoms with Crippen LogP contribution in [0.25, 0.3) is 0 Å². The van der Waals surface area contributed by atoms with Gasteiger partial charge in [0.25, 0.3) is 0 Å². The Morgan fingerprint density at radius 2 is 1.27 bits per heavy atom. The minimum absolute atomic E-state index is 0.182. The van der Waals surface area contributed by atoms with Gasteiger partial charge in [-0.05, 0) is 51.5 Å². The van der Waals surface area contributed by atoms with Crippen molar-refractivity contribution in [2.45, 2.75) is 75.5 Å². The van der Waals surface area contributed by atoms with Crippen LogP contribution in [-0.2, 0) is 33.4 Å². The number of aliphatic carboxylic acids is 1. The summed E-state index contributed by atoms with van der Waals surface area (Å²) in [4.78, 5) is 57.3. The molecule has 18 nitrogen and oxygen atoms in total. The summed E-state index contributed by atoms with van der Waals surface area (Å²) in [5.41, 5.74) is 27.1. The van der Waals surface area contributed by atoms with Crippen LogP contribution in [0.15, 0.2) is 0 Å². The lowest BCUT2D eigenvalue weighted by atomic mass is 10.1. The summed E-state index contributed by atoms with van der Waals surface area (Å²) in [5, 5.41) is 30.3. The standard InChI is InChI=1S/C17H33N9O6.C5H9NO2/c18-9(3-1-7-25-16(21)22)13(28)31-12(27)6-5-11(20)15(30)32-14(29)10(19)4-2-8-26-17(23)24;7-5(8)4-2-1-3-6-4/h9-11H,1-8,18-20H2,(H4,21,22,25)(H4,23,24,26);4,6H,1-3H2,(H,7,8)/t9-,10-,11-;4-/m00/s1. The first kappa shape index (κ1) is 36.1. The third-order valence-corrected chi connectivity index (χ3v) is 5.36.